The topological polar surface area (TPSA) is 56.5 Å². The Bertz CT molecular complexity index is 973. The molecule has 0 unspecified atom stereocenters. The van der Waals surface area contributed by atoms with E-state index in [1.165, 1.54) is 0 Å². The second-order valence-corrected chi connectivity index (χ2v) is 6.47. The standard InChI is InChI=1S/C15H11N5S2/c1-9-2-10(5-16-4-9)15-19-12-7-17-14(3-13(12)22-15)20-8-11(21)6-18-20/h2-8,21H,1H3. The van der Waals surface area contributed by atoms with E-state index in [9.17, 15) is 0 Å². The first-order valence-electron chi connectivity index (χ1n) is 6.62. The van der Waals surface area contributed by atoms with E-state index < -0.39 is 0 Å². The van der Waals surface area contributed by atoms with E-state index in [1.807, 2.05) is 31.6 Å². The molecule has 0 spiro atoms. The lowest BCUT2D eigenvalue weighted by molar-refractivity contribution is 0.849. The molecule has 0 aliphatic heterocycles. The zero-order chi connectivity index (χ0) is 15.1. The number of aryl methyl sites for hydroxylation is 1. The van der Waals surface area contributed by atoms with Gasteiger partial charge in [0.1, 0.15) is 10.5 Å². The molecule has 5 nitrogen and oxygen atoms in total. The van der Waals surface area contributed by atoms with Gasteiger partial charge in [0.2, 0.25) is 0 Å². The summed E-state index contributed by atoms with van der Waals surface area (Å²) >= 11 is 5.89. The summed E-state index contributed by atoms with van der Waals surface area (Å²) in [6.45, 7) is 2.02. The minimum atomic E-state index is 0.755. The fraction of sp³-hybridized carbons (Fsp3) is 0.0667. The van der Waals surface area contributed by atoms with E-state index in [0.29, 0.717) is 0 Å². The molecule has 0 bridgehead atoms. The SMILES string of the molecule is Cc1cncc(-c2nc3cnc(-n4cc(S)cn4)cc3s2)c1. The Morgan fingerprint density at radius 1 is 1.14 bits per heavy atom. The van der Waals surface area contributed by atoms with Crippen LogP contribution in [0.3, 0.4) is 0 Å². The van der Waals surface area contributed by atoms with Crippen molar-refractivity contribution in [2.75, 3.05) is 0 Å². The van der Waals surface area contributed by atoms with Gasteiger partial charge >= 0.3 is 0 Å². The summed E-state index contributed by atoms with van der Waals surface area (Å²) in [5.41, 5.74) is 3.02. The van der Waals surface area contributed by atoms with Crippen LogP contribution in [0.5, 0.6) is 0 Å². The normalized spacial score (nSPS) is 11.2. The third-order valence-corrected chi connectivity index (χ3v) is 4.48. The number of hydrogen-bond acceptors (Lipinski definition) is 6. The number of nitrogens with zero attached hydrogens (tertiary/aromatic N) is 5. The van der Waals surface area contributed by atoms with Gasteiger partial charge in [-0.1, -0.05) is 0 Å². The quantitative estimate of drug-likeness (QED) is 0.573. The molecule has 22 heavy (non-hydrogen) atoms. The summed E-state index contributed by atoms with van der Waals surface area (Å²) in [4.78, 5) is 14.1. The Morgan fingerprint density at radius 2 is 2.05 bits per heavy atom. The van der Waals surface area contributed by atoms with Gasteiger partial charge in [-0.05, 0) is 18.6 Å². The Morgan fingerprint density at radius 3 is 2.82 bits per heavy atom. The average molecular weight is 325 g/mol. The molecular formula is C15H11N5S2. The first-order chi connectivity index (χ1) is 10.7. The highest BCUT2D eigenvalue weighted by Gasteiger charge is 2.09. The minimum absolute atomic E-state index is 0.755. The van der Waals surface area contributed by atoms with Gasteiger partial charge in [0, 0.05) is 35.1 Å². The van der Waals surface area contributed by atoms with Crippen molar-refractivity contribution in [3.8, 4) is 16.4 Å². The number of fused-ring (bicyclic) bond motifs is 1. The van der Waals surface area contributed by atoms with Gasteiger partial charge in [-0.2, -0.15) is 5.10 Å². The van der Waals surface area contributed by atoms with Crippen molar-refractivity contribution in [3.63, 3.8) is 0 Å². The lowest BCUT2D eigenvalue weighted by atomic mass is 10.2. The molecular weight excluding hydrogens is 314 g/mol. The monoisotopic (exact) mass is 325 g/mol. The second kappa shape index (κ2) is 5.19. The maximum Gasteiger partial charge on any atom is 0.154 e. The van der Waals surface area contributed by atoms with Crippen molar-refractivity contribution in [2.24, 2.45) is 0 Å². The molecule has 4 aromatic heterocycles. The van der Waals surface area contributed by atoms with Crippen LogP contribution in [0, 0.1) is 6.92 Å². The molecule has 4 aromatic rings. The number of rotatable bonds is 2. The predicted octanol–water partition coefficient (Wildman–Crippen LogP) is 3.54. The number of thiazole rings is 1. The maximum atomic E-state index is 4.64. The molecule has 0 atom stereocenters. The molecule has 0 aromatic carbocycles. The van der Waals surface area contributed by atoms with Crippen molar-refractivity contribution in [2.45, 2.75) is 11.8 Å². The number of thiol groups is 1. The van der Waals surface area contributed by atoms with Crippen molar-refractivity contribution < 1.29 is 0 Å². The van der Waals surface area contributed by atoms with E-state index >= 15 is 0 Å². The fourth-order valence-corrected chi connectivity index (χ4v) is 3.29. The highest BCUT2D eigenvalue weighted by Crippen LogP contribution is 2.30. The number of pyridine rings is 2. The lowest BCUT2D eigenvalue weighted by Gasteiger charge is -1.98. The molecule has 0 N–H and O–H groups in total. The first kappa shape index (κ1) is 13.4. The van der Waals surface area contributed by atoms with Crippen LogP contribution in [0.4, 0.5) is 0 Å². The third-order valence-electron chi connectivity index (χ3n) is 3.19. The summed E-state index contributed by atoms with van der Waals surface area (Å²) in [6, 6.07) is 4.07. The van der Waals surface area contributed by atoms with Crippen LogP contribution >= 0.6 is 24.0 Å². The van der Waals surface area contributed by atoms with Crippen LogP contribution in [0.1, 0.15) is 5.56 Å². The minimum Gasteiger partial charge on any atom is -0.264 e. The van der Waals surface area contributed by atoms with Gasteiger partial charge in [-0.3, -0.25) is 4.98 Å². The molecule has 0 fully saturated rings. The summed E-state index contributed by atoms with van der Waals surface area (Å²) < 4.78 is 2.77. The Hall–Kier alpha value is -2.25. The second-order valence-electron chi connectivity index (χ2n) is 4.92. The van der Waals surface area contributed by atoms with Crippen LogP contribution in [0.15, 0.2) is 48.0 Å². The molecule has 108 valence electrons. The Balaban J connectivity index is 1.81. The van der Waals surface area contributed by atoms with Gasteiger partial charge in [0.05, 0.1) is 17.1 Å². The van der Waals surface area contributed by atoms with Crippen LogP contribution in [-0.2, 0) is 0 Å². The molecule has 4 rings (SSSR count). The first-order valence-corrected chi connectivity index (χ1v) is 7.88. The van der Waals surface area contributed by atoms with Crippen molar-refractivity contribution in [1.82, 2.24) is 24.7 Å². The van der Waals surface area contributed by atoms with Crippen molar-refractivity contribution in [1.29, 1.82) is 0 Å². The maximum absolute atomic E-state index is 4.64. The van der Waals surface area contributed by atoms with Crippen LogP contribution in [-0.4, -0.2) is 24.7 Å². The summed E-state index contributed by atoms with van der Waals surface area (Å²) in [5, 5.41) is 5.17. The highest BCUT2D eigenvalue weighted by molar-refractivity contribution is 7.80. The molecule has 0 saturated carbocycles. The molecule has 0 saturated heterocycles. The molecule has 0 aliphatic rings. The highest BCUT2D eigenvalue weighted by atomic mass is 32.1. The van der Waals surface area contributed by atoms with Gasteiger partial charge < -0.3 is 0 Å². The molecule has 0 amide bonds. The summed E-state index contributed by atoms with van der Waals surface area (Å²) in [7, 11) is 0. The fourth-order valence-electron chi connectivity index (χ4n) is 2.18. The molecule has 0 aliphatic carbocycles. The van der Waals surface area contributed by atoms with Gasteiger partial charge in [0.15, 0.2) is 5.82 Å². The Kier molecular flexibility index (Phi) is 3.16. The summed E-state index contributed by atoms with van der Waals surface area (Å²) in [5.74, 6) is 0.755. The summed E-state index contributed by atoms with van der Waals surface area (Å²) in [6.07, 6.45) is 8.95. The molecule has 0 radical (unpaired) electrons. The van der Waals surface area contributed by atoms with Gasteiger partial charge in [-0.15, -0.1) is 24.0 Å². The molecule has 7 heteroatoms. The van der Waals surface area contributed by atoms with E-state index in [0.717, 1.165) is 37.1 Å². The third kappa shape index (κ3) is 2.38. The van der Waals surface area contributed by atoms with Crippen molar-refractivity contribution in [3.05, 3.63) is 48.7 Å². The van der Waals surface area contributed by atoms with E-state index in [4.69, 9.17) is 0 Å². The van der Waals surface area contributed by atoms with Crippen LogP contribution < -0.4 is 0 Å². The van der Waals surface area contributed by atoms with Crippen molar-refractivity contribution >= 4 is 34.2 Å². The number of hydrogen-bond donors (Lipinski definition) is 1. The smallest absolute Gasteiger partial charge is 0.154 e. The molecule has 4 heterocycles. The lowest BCUT2D eigenvalue weighted by Crippen LogP contribution is -1.96. The zero-order valence-electron chi connectivity index (χ0n) is 11.6. The number of aromatic nitrogens is 5. The van der Waals surface area contributed by atoms with E-state index in [1.54, 1.807) is 28.4 Å². The predicted molar refractivity (Wildman–Crippen MR) is 89.8 cm³/mol. The van der Waals surface area contributed by atoms with Gasteiger partial charge in [-0.25, -0.2) is 14.6 Å². The largest absolute Gasteiger partial charge is 0.264 e. The average Bonchev–Trinajstić information content (AvgIpc) is 3.12. The van der Waals surface area contributed by atoms with Crippen LogP contribution in [0.2, 0.25) is 0 Å². The van der Waals surface area contributed by atoms with Gasteiger partial charge in [0.25, 0.3) is 0 Å². The van der Waals surface area contributed by atoms with E-state index in [-0.39, 0.29) is 0 Å². The Labute approximate surface area is 136 Å². The van der Waals surface area contributed by atoms with Crippen LogP contribution in [0.25, 0.3) is 26.6 Å². The van der Waals surface area contributed by atoms with E-state index in [2.05, 4.69) is 38.7 Å². The zero-order valence-corrected chi connectivity index (χ0v) is 13.3.